The fourth-order valence-corrected chi connectivity index (χ4v) is 8.19. The Labute approximate surface area is 336 Å². The van der Waals surface area contributed by atoms with Crippen molar-refractivity contribution in [2.75, 3.05) is 20.3 Å². The highest BCUT2D eigenvalue weighted by atomic mass is 16.7. The quantitative estimate of drug-likeness (QED) is 0.0744. The summed E-state index contributed by atoms with van der Waals surface area (Å²) >= 11 is 0. The molecule has 59 heavy (non-hydrogen) atoms. The van der Waals surface area contributed by atoms with E-state index in [-0.39, 0.29) is 25.2 Å². The van der Waals surface area contributed by atoms with Crippen molar-refractivity contribution in [1.82, 2.24) is 20.6 Å². The smallest absolute Gasteiger partial charge is 0.332 e. The average Bonchev–Trinajstić information content (AvgIpc) is 3.21. The molecule has 0 radical (unpaired) electrons. The standard InChI is InChI=1S/C36H55N5O18/c1-14-25(45)27(47)28(48)35(55-14)59-29-17(38-31(49)18-11-22(43)41-36(53)39-18)9-16(33(52)54-2)10-19(29)57-34-24(40-23(44)12-37)30(26(46)21(13-42)58-34)56-20(32(50)51)8-15-6-4-3-5-7-15/h11,14-17,19-21,24-30,34-35,42,45-48H,3-10,12-13,37H2,1-2H3,(H,38,49)(H,40,44)(H,50,51)(H2,39,41,43,53)/t14?,16?,17?,19-,20+,21+,24?,25-,26+,27+,28?,29-,30?,34-,35+/m1/s1. The van der Waals surface area contributed by atoms with E-state index in [1.54, 1.807) is 0 Å². The second-order valence-corrected chi connectivity index (χ2v) is 15.4. The number of nitrogens with one attached hydrogen (secondary N) is 4. The summed E-state index contributed by atoms with van der Waals surface area (Å²) in [5.41, 5.74) is 3.23. The van der Waals surface area contributed by atoms with Crippen LogP contribution in [-0.2, 0) is 42.8 Å². The number of H-pyrrole nitrogens is 2. The summed E-state index contributed by atoms with van der Waals surface area (Å²) < 4.78 is 35.5. The number of aromatic amines is 2. The molecule has 3 heterocycles. The molecule has 4 fully saturated rings. The molecule has 23 heteroatoms. The number of hydrogen-bond acceptors (Lipinski definition) is 18. The molecule has 2 aliphatic heterocycles. The van der Waals surface area contributed by atoms with Gasteiger partial charge in [-0.15, -0.1) is 0 Å². The Bertz CT molecular complexity index is 1690. The van der Waals surface area contributed by atoms with Crippen molar-refractivity contribution < 1.29 is 78.2 Å². The second-order valence-electron chi connectivity index (χ2n) is 15.4. The Hall–Kier alpha value is -3.88. The summed E-state index contributed by atoms with van der Waals surface area (Å²) in [6.07, 6.45) is -15.2. The van der Waals surface area contributed by atoms with Gasteiger partial charge in [0.25, 0.3) is 11.5 Å². The van der Waals surface area contributed by atoms with E-state index in [2.05, 4.69) is 15.6 Å². The Balaban J connectivity index is 1.54. The van der Waals surface area contributed by atoms with Gasteiger partial charge in [0.1, 0.15) is 54.5 Å². The van der Waals surface area contributed by atoms with E-state index in [0.717, 1.165) is 45.3 Å². The molecular formula is C36H55N5O18. The van der Waals surface area contributed by atoms with Gasteiger partial charge in [-0.05, 0) is 32.1 Å². The molecule has 5 rings (SSSR count). The number of methoxy groups -OCH3 is 1. The molecule has 2 saturated carbocycles. The number of aliphatic hydroxyl groups is 5. The van der Waals surface area contributed by atoms with Crippen LogP contribution in [0.4, 0.5) is 0 Å². The first-order valence-corrected chi connectivity index (χ1v) is 19.6. The van der Waals surface area contributed by atoms with E-state index in [4.69, 9.17) is 34.2 Å². The van der Waals surface area contributed by atoms with Crippen molar-refractivity contribution in [3.05, 3.63) is 32.6 Å². The van der Waals surface area contributed by atoms with Gasteiger partial charge in [0.15, 0.2) is 18.7 Å². The van der Waals surface area contributed by atoms with Gasteiger partial charge in [-0.1, -0.05) is 32.1 Å². The minimum Gasteiger partial charge on any atom is -0.479 e. The van der Waals surface area contributed by atoms with Crippen LogP contribution >= 0.6 is 0 Å². The zero-order valence-corrected chi connectivity index (χ0v) is 32.5. The van der Waals surface area contributed by atoms with Crippen molar-refractivity contribution in [3.8, 4) is 0 Å². The Morgan fingerprint density at radius 3 is 2.25 bits per heavy atom. The van der Waals surface area contributed by atoms with Crippen molar-refractivity contribution in [2.45, 2.75) is 144 Å². The topological polar surface area (TPSA) is 361 Å². The van der Waals surface area contributed by atoms with Crippen LogP contribution in [0.2, 0.25) is 0 Å². The molecule has 2 amide bonds. The fraction of sp³-hybridized carbons (Fsp3) is 0.778. The number of aliphatic hydroxyl groups excluding tert-OH is 5. The van der Waals surface area contributed by atoms with Crippen LogP contribution in [0, 0.1) is 11.8 Å². The van der Waals surface area contributed by atoms with Crippen molar-refractivity contribution in [3.63, 3.8) is 0 Å². The van der Waals surface area contributed by atoms with Crippen LogP contribution in [0.5, 0.6) is 0 Å². The van der Waals surface area contributed by atoms with Gasteiger partial charge in [0.05, 0.1) is 44.4 Å². The van der Waals surface area contributed by atoms with Gasteiger partial charge in [0.2, 0.25) is 5.91 Å². The largest absolute Gasteiger partial charge is 0.479 e. The molecule has 332 valence electrons. The predicted molar refractivity (Wildman–Crippen MR) is 196 cm³/mol. The summed E-state index contributed by atoms with van der Waals surface area (Å²) in [5.74, 6) is -5.05. The molecule has 0 spiro atoms. The predicted octanol–water partition coefficient (Wildman–Crippen LogP) is -4.33. The first kappa shape index (κ1) is 46.2. The van der Waals surface area contributed by atoms with Crippen LogP contribution in [0.15, 0.2) is 15.7 Å². The van der Waals surface area contributed by atoms with Crippen LogP contribution in [-0.4, -0.2) is 170 Å². The minimum atomic E-state index is -1.88. The Morgan fingerprint density at radius 2 is 1.63 bits per heavy atom. The lowest BCUT2D eigenvalue weighted by molar-refractivity contribution is -0.335. The lowest BCUT2D eigenvalue weighted by Gasteiger charge is -2.49. The maximum atomic E-state index is 13.6. The molecule has 6 unspecified atom stereocenters. The number of aromatic nitrogens is 2. The maximum Gasteiger partial charge on any atom is 0.332 e. The molecule has 0 aromatic carbocycles. The number of aliphatic carboxylic acids is 1. The Kier molecular flexibility index (Phi) is 16.1. The fourth-order valence-electron chi connectivity index (χ4n) is 8.19. The highest BCUT2D eigenvalue weighted by Gasteiger charge is 2.53. The summed E-state index contributed by atoms with van der Waals surface area (Å²) in [6, 6.07) is -2.07. The van der Waals surface area contributed by atoms with Crippen LogP contribution in [0.3, 0.4) is 0 Å². The van der Waals surface area contributed by atoms with E-state index in [1.165, 1.54) is 6.92 Å². The number of esters is 1. The molecule has 2 aliphatic carbocycles. The second kappa shape index (κ2) is 20.6. The van der Waals surface area contributed by atoms with Gasteiger partial charge in [-0.2, -0.15) is 0 Å². The zero-order chi connectivity index (χ0) is 43.1. The Morgan fingerprint density at radius 1 is 0.915 bits per heavy atom. The normalized spacial score (nSPS) is 35.9. The molecule has 1 aromatic heterocycles. The van der Waals surface area contributed by atoms with E-state index in [0.29, 0.717) is 0 Å². The van der Waals surface area contributed by atoms with Crippen LogP contribution in [0.1, 0.15) is 68.8 Å². The van der Waals surface area contributed by atoms with E-state index in [1.807, 2.05) is 4.98 Å². The number of carbonyl (C=O) groups excluding carboxylic acids is 3. The summed E-state index contributed by atoms with van der Waals surface area (Å²) in [4.78, 5) is 80.5. The minimum absolute atomic E-state index is 0.00562. The van der Waals surface area contributed by atoms with Gasteiger partial charge < -0.3 is 80.4 Å². The van der Waals surface area contributed by atoms with Crippen molar-refractivity contribution >= 4 is 23.8 Å². The van der Waals surface area contributed by atoms with Crippen LogP contribution < -0.4 is 27.6 Å². The molecule has 1 aromatic rings. The number of carbonyl (C=O) groups is 4. The van der Waals surface area contributed by atoms with E-state index >= 15 is 0 Å². The third-order valence-electron chi connectivity index (χ3n) is 11.3. The average molecular weight is 846 g/mol. The number of carboxylic acids is 1. The third-order valence-corrected chi connectivity index (χ3v) is 11.3. The SMILES string of the molecule is COC(=O)C1CC(NC(=O)c2cc(=O)[nH]c(=O)[nH]2)[C@@H](O[C@@H]2OC(C)[C@@H](O)[C@H](O)C2O)[C@H](O[C@@H]2O[C@@H](CO)[C@H](O)C(O[C@@H](CC3CCCCC3)C(=O)O)C2NC(=O)CN)C1. The molecule has 4 aliphatic rings. The highest BCUT2D eigenvalue weighted by molar-refractivity contribution is 5.92. The first-order valence-electron chi connectivity index (χ1n) is 19.6. The number of rotatable bonds is 15. The highest BCUT2D eigenvalue weighted by Crippen LogP contribution is 2.37. The van der Waals surface area contributed by atoms with Gasteiger partial charge in [-0.25, -0.2) is 9.59 Å². The lowest BCUT2D eigenvalue weighted by atomic mass is 9.81. The van der Waals surface area contributed by atoms with Crippen LogP contribution in [0.25, 0.3) is 0 Å². The third kappa shape index (κ3) is 11.3. The molecule has 12 N–H and O–H groups in total. The number of nitrogens with two attached hydrogens (primary N) is 1. The molecule has 2 saturated heterocycles. The molecular weight excluding hydrogens is 790 g/mol. The van der Waals surface area contributed by atoms with E-state index in [9.17, 15) is 59.4 Å². The lowest BCUT2D eigenvalue weighted by Crippen LogP contribution is -2.68. The zero-order valence-electron chi connectivity index (χ0n) is 32.5. The summed E-state index contributed by atoms with van der Waals surface area (Å²) in [6.45, 7) is -0.0384. The van der Waals surface area contributed by atoms with Crippen molar-refractivity contribution in [2.24, 2.45) is 17.6 Å². The summed E-state index contributed by atoms with van der Waals surface area (Å²) in [5, 5.41) is 69.1. The molecule has 23 nitrogen and oxygen atoms in total. The van der Waals surface area contributed by atoms with Gasteiger partial charge >= 0.3 is 17.6 Å². The number of carboxylic acid groups (broad SMARTS) is 1. The monoisotopic (exact) mass is 845 g/mol. The van der Waals surface area contributed by atoms with Crippen molar-refractivity contribution in [1.29, 1.82) is 0 Å². The van der Waals surface area contributed by atoms with E-state index < -0.39 is 145 Å². The summed E-state index contributed by atoms with van der Waals surface area (Å²) in [7, 11) is 1.11. The first-order chi connectivity index (χ1) is 28.0. The number of ether oxygens (including phenoxy) is 6. The van der Waals surface area contributed by atoms with Gasteiger partial charge in [-0.3, -0.25) is 24.2 Å². The number of amides is 2. The van der Waals surface area contributed by atoms with Gasteiger partial charge in [0, 0.05) is 6.07 Å². The molecule has 15 atom stereocenters. The maximum absolute atomic E-state index is 13.6. The molecule has 0 bridgehead atoms. The number of hydrogen-bond donors (Lipinski definition) is 11.